The third-order valence-corrected chi connectivity index (χ3v) is 4.50. The molecule has 0 atom stereocenters. The van der Waals surface area contributed by atoms with E-state index in [0.717, 1.165) is 5.56 Å². The van der Waals surface area contributed by atoms with Gasteiger partial charge in [-0.05, 0) is 36.4 Å². The van der Waals surface area contributed by atoms with Crippen LogP contribution in [0.25, 0.3) is 22.2 Å². The number of hydrogen-bond donors (Lipinski definition) is 2. The van der Waals surface area contributed by atoms with Gasteiger partial charge >= 0.3 is 0 Å². The first-order valence-electron chi connectivity index (χ1n) is 7.69. The fourth-order valence-electron chi connectivity index (χ4n) is 2.47. The molecule has 0 saturated carbocycles. The maximum absolute atomic E-state index is 12.4. The Labute approximate surface area is 151 Å². The highest BCUT2D eigenvalue weighted by molar-refractivity contribution is 7.14. The summed E-state index contributed by atoms with van der Waals surface area (Å²) in [6.07, 6.45) is 0. The molecule has 0 spiro atoms. The molecule has 4 rings (SSSR count). The van der Waals surface area contributed by atoms with Crippen LogP contribution in [-0.4, -0.2) is 16.0 Å². The zero-order valence-corrected chi connectivity index (χ0v) is 14.1. The second-order valence-corrected chi connectivity index (χ2v) is 6.37. The molecule has 0 unspecified atom stereocenters. The quantitative estimate of drug-likeness (QED) is 0.576. The molecule has 0 fully saturated rings. The van der Waals surface area contributed by atoms with Crippen molar-refractivity contribution in [2.24, 2.45) is 0 Å². The minimum atomic E-state index is -0.542. The van der Waals surface area contributed by atoms with Gasteiger partial charge in [0.25, 0.3) is 5.91 Å². The number of nitrogens with zero attached hydrogens (tertiary/aromatic N) is 1. The fourth-order valence-corrected chi connectivity index (χ4v) is 3.19. The standard InChI is InChI=1S/C19H12N2O4S/c22-12-7-5-11(6-8-12)14-10-26-19(20-14)21-18(24)17-9-15(23)13-3-1-2-4-16(13)25-17/h1-10,22H,(H,20,21,24). The Morgan fingerprint density at radius 3 is 2.69 bits per heavy atom. The van der Waals surface area contributed by atoms with Crippen LogP contribution in [0, 0.1) is 0 Å². The van der Waals surface area contributed by atoms with Gasteiger partial charge in [-0.1, -0.05) is 12.1 Å². The summed E-state index contributed by atoms with van der Waals surface area (Å²) in [5, 5.41) is 14.6. The van der Waals surface area contributed by atoms with Crippen molar-refractivity contribution in [3.63, 3.8) is 0 Å². The van der Waals surface area contributed by atoms with E-state index in [-0.39, 0.29) is 16.9 Å². The summed E-state index contributed by atoms with van der Waals surface area (Å²) >= 11 is 1.25. The predicted molar refractivity (Wildman–Crippen MR) is 99.7 cm³/mol. The van der Waals surface area contributed by atoms with Gasteiger partial charge in [-0.2, -0.15) is 0 Å². The molecule has 2 aromatic heterocycles. The lowest BCUT2D eigenvalue weighted by Crippen LogP contribution is -2.14. The van der Waals surface area contributed by atoms with Crippen molar-refractivity contribution in [3.05, 3.63) is 76.0 Å². The smallest absolute Gasteiger partial charge is 0.293 e. The van der Waals surface area contributed by atoms with E-state index in [4.69, 9.17) is 4.42 Å². The first kappa shape index (κ1) is 16.0. The predicted octanol–water partition coefficient (Wildman–Crippen LogP) is 3.87. The van der Waals surface area contributed by atoms with Gasteiger partial charge in [0, 0.05) is 17.0 Å². The summed E-state index contributed by atoms with van der Waals surface area (Å²) < 4.78 is 5.52. The molecule has 7 heteroatoms. The van der Waals surface area contributed by atoms with Crippen LogP contribution >= 0.6 is 11.3 Å². The van der Waals surface area contributed by atoms with Crippen molar-refractivity contribution in [1.82, 2.24) is 4.98 Å². The molecule has 0 aliphatic rings. The first-order chi connectivity index (χ1) is 12.6. The van der Waals surface area contributed by atoms with Crippen LogP contribution in [0.15, 0.2) is 69.2 Å². The molecule has 26 heavy (non-hydrogen) atoms. The number of phenolic OH excluding ortho intramolecular Hbond substituents is 1. The third kappa shape index (κ3) is 3.07. The molecule has 4 aromatic rings. The molecule has 0 radical (unpaired) electrons. The number of hydrogen-bond acceptors (Lipinski definition) is 6. The van der Waals surface area contributed by atoms with Gasteiger partial charge in [-0.3, -0.25) is 14.9 Å². The largest absolute Gasteiger partial charge is 0.508 e. The highest BCUT2D eigenvalue weighted by Gasteiger charge is 2.14. The summed E-state index contributed by atoms with van der Waals surface area (Å²) in [5.41, 5.74) is 1.57. The molecule has 128 valence electrons. The zero-order valence-electron chi connectivity index (χ0n) is 13.3. The number of anilines is 1. The van der Waals surface area contributed by atoms with E-state index in [1.165, 1.54) is 17.4 Å². The van der Waals surface area contributed by atoms with E-state index in [1.807, 2.05) is 0 Å². The second-order valence-electron chi connectivity index (χ2n) is 5.51. The van der Waals surface area contributed by atoms with Crippen LogP contribution in [0.5, 0.6) is 5.75 Å². The van der Waals surface area contributed by atoms with Gasteiger partial charge in [-0.25, -0.2) is 4.98 Å². The number of para-hydroxylation sites is 1. The van der Waals surface area contributed by atoms with Crippen molar-refractivity contribution in [1.29, 1.82) is 0 Å². The second kappa shape index (κ2) is 6.45. The number of aromatic hydroxyl groups is 1. The normalized spacial score (nSPS) is 10.8. The van der Waals surface area contributed by atoms with E-state index in [9.17, 15) is 14.7 Å². The topological polar surface area (TPSA) is 92.4 Å². The van der Waals surface area contributed by atoms with Crippen LogP contribution < -0.4 is 10.7 Å². The molecule has 1 amide bonds. The lowest BCUT2D eigenvalue weighted by molar-refractivity contribution is 0.0997. The van der Waals surface area contributed by atoms with Gasteiger partial charge in [0.1, 0.15) is 11.3 Å². The average molecular weight is 364 g/mol. The summed E-state index contributed by atoms with van der Waals surface area (Å²) in [7, 11) is 0. The van der Waals surface area contributed by atoms with E-state index < -0.39 is 5.91 Å². The van der Waals surface area contributed by atoms with E-state index >= 15 is 0 Å². The Balaban J connectivity index is 1.59. The molecule has 0 aliphatic heterocycles. The van der Waals surface area contributed by atoms with E-state index in [0.29, 0.717) is 21.8 Å². The summed E-state index contributed by atoms with van der Waals surface area (Å²) in [6, 6.07) is 14.5. The van der Waals surface area contributed by atoms with Gasteiger partial charge in [0.05, 0.1) is 11.1 Å². The van der Waals surface area contributed by atoms with Crippen LogP contribution in [0.2, 0.25) is 0 Å². The molecule has 0 aliphatic carbocycles. The van der Waals surface area contributed by atoms with Crippen LogP contribution in [0.4, 0.5) is 5.13 Å². The molecule has 2 aromatic carbocycles. The summed E-state index contributed by atoms with van der Waals surface area (Å²) in [5.74, 6) is -0.446. The average Bonchev–Trinajstić information content (AvgIpc) is 3.10. The molecule has 2 N–H and O–H groups in total. The number of nitrogens with one attached hydrogen (secondary N) is 1. The van der Waals surface area contributed by atoms with E-state index in [2.05, 4.69) is 10.3 Å². The number of benzene rings is 2. The molecular weight excluding hydrogens is 352 g/mol. The number of phenols is 1. The number of thiazole rings is 1. The lowest BCUT2D eigenvalue weighted by atomic mass is 10.2. The van der Waals surface area contributed by atoms with Crippen LogP contribution in [0.3, 0.4) is 0 Å². The van der Waals surface area contributed by atoms with Crippen molar-refractivity contribution in [2.45, 2.75) is 0 Å². The number of rotatable bonds is 3. The van der Waals surface area contributed by atoms with Crippen LogP contribution in [-0.2, 0) is 0 Å². The third-order valence-electron chi connectivity index (χ3n) is 3.75. The number of amides is 1. The Bertz CT molecular complexity index is 1160. The summed E-state index contributed by atoms with van der Waals surface area (Å²) in [4.78, 5) is 28.8. The summed E-state index contributed by atoms with van der Waals surface area (Å²) in [6.45, 7) is 0. The van der Waals surface area contributed by atoms with Crippen LogP contribution in [0.1, 0.15) is 10.6 Å². The van der Waals surface area contributed by atoms with Gasteiger partial charge < -0.3 is 9.52 Å². The van der Waals surface area contributed by atoms with Gasteiger partial charge in [-0.15, -0.1) is 11.3 Å². The minimum absolute atomic E-state index is 0.0740. The van der Waals surface area contributed by atoms with Crippen molar-refractivity contribution >= 4 is 33.3 Å². The number of carbonyl (C=O) groups excluding carboxylic acids is 1. The monoisotopic (exact) mass is 364 g/mol. The highest BCUT2D eigenvalue weighted by Crippen LogP contribution is 2.26. The van der Waals surface area contributed by atoms with Gasteiger partial charge in [0.15, 0.2) is 16.3 Å². The molecule has 2 heterocycles. The lowest BCUT2D eigenvalue weighted by Gasteiger charge is -2.02. The molecule has 0 saturated heterocycles. The molecule has 0 bridgehead atoms. The van der Waals surface area contributed by atoms with Crippen molar-refractivity contribution < 1.29 is 14.3 Å². The Morgan fingerprint density at radius 1 is 1.12 bits per heavy atom. The minimum Gasteiger partial charge on any atom is -0.508 e. The molecule has 6 nitrogen and oxygen atoms in total. The maximum atomic E-state index is 12.4. The maximum Gasteiger partial charge on any atom is 0.293 e. The number of aromatic nitrogens is 1. The highest BCUT2D eigenvalue weighted by atomic mass is 32.1. The Hall–Kier alpha value is -3.45. The van der Waals surface area contributed by atoms with E-state index in [1.54, 1.807) is 53.9 Å². The number of fused-ring (bicyclic) bond motifs is 1. The SMILES string of the molecule is O=C(Nc1nc(-c2ccc(O)cc2)cs1)c1cc(=O)c2ccccc2o1. The fraction of sp³-hybridized carbons (Fsp3) is 0. The molecular formula is C19H12N2O4S. The first-order valence-corrected chi connectivity index (χ1v) is 8.57. The number of carbonyl (C=O) groups is 1. The Kier molecular flexibility index (Phi) is 3.98. The zero-order chi connectivity index (χ0) is 18.1. The van der Waals surface area contributed by atoms with Crippen molar-refractivity contribution in [2.75, 3.05) is 5.32 Å². The van der Waals surface area contributed by atoms with Crippen molar-refractivity contribution in [3.8, 4) is 17.0 Å². The van der Waals surface area contributed by atoms with Gasteiger partial charge in [0.2, 0.25) is 0 Å². The Morgan fingerprint density at radius 2 is 1.88 bits per heavy atom.